The third-order valence-corrected chi connectivity index (χ3v) is 7.25. The van der Waals surface area contributed by atoms with E-state index in [1.165, 1.54) is 19.3 Å². The fraction of sp³-hybridized carbons (Fsp3) is 0.0800. The van der Waals surface area contributed by atoms with Gasteiger partial charge in [0.1, 0.15) is 5.82 Å². The molecule has 7 nitrogen and oxygen atoms in total. The second kappa shape index (κ2) is 9.55. The Morgan fingerprint density at radius 1 is 1.09 bits per heavy atom. The van der Waals surface area contributed by atoms with E-state index in [0.29, 0.717) is 38.1 Å². The molecule has 178 valence electrons. The molecule has 35 heavy (non-hydrogen) atoms. The lowest BCUT2D eigenvalue weighted by Gasteiger charge is -2.12. The van der Waals surface area contributed by atoms with E-state index in [2.05, 4.69) is 31.2 Å². The zero-order chi connectivity index (χ0) is 25.3. The second-order valence-corrected chi connectivity index (χ2v) is 10.7. The average Bonchev–Trinajstić information content (AvgIpc) is 2.84. The molecular formula is C25H20BrFN4O3S. The summed E-state index contributed by atoms with van der Waals surface area (Å²) in [4.78, 5) is 20.7. The Bertz CT molecular complexity index is 1620. The highest BCUT2D eigenvalue weighted by atomic mass is 79.9. The van der Waals surface area contributed by atoms with Crippen LogP contribution in [0.2, 0.25) is 0 Å². The minimum Gasteiger partial charge on any atom is -0.383 e. The van der Waals surface area contributed by atoms with Gasteiger partial charge in [0.05, 0.1) is 10.6 Å². The van der Waals surface area contributed by atoms with Crippen molar-refractivity contribution in [1.82, 2.24) is 9.97 Å². The predicted octanol–water partition coefficient (Wildman–Crippen LogP) is 5.38. The van der Waals surface area contributed by atoms with Gasteiger partial charge < -0.3 is 11.1 Å². The first-order chi connectivity index (χ1) is 16.6. The number of hydrogen-bond acceptors (Lipinski definition) is 6. The molecule has 0 atom stereocenters. The number of sulfone groups is 1. The number of nitrogens with one attached hydrogen (secondary N) is 1. The SMILES string of the molecule is C/C(=C(/F)C(=O)Nc1ccc(-c2ccncc2S(C)(=O)=O)cc1Br)c1ccc2ccnc(N)c2c1. The van der Waals surface area contributed by atoms with Crippen molar-refractivity contribution >= 4 is 59.5 Å². The molecule has 0 aliphatic heterocycles. The van der Waals surface area contributed by atoms with E-state index in [-0.39, 0.29) is 10.5 Å². The Hall–Kier alpha value is -3.63. The summed E-state index contributed by atoms with van der Waals surface area (Å²) in [6.07, 6.45) is 5.48. The van der Waals surface area contributed by atoms with E-state index >= 15 is 4.39 Å². The summed E-state index contributed by atoms with van der Waals surface area (Å²) in [5.74, 6) is -1.55. The number of nitrogens with two attached hydrogens (primary N) is 1. The molecule has 4 rings (SSSR count). The van der Waals surface area contributed by atoms with Crippen LogP contribution in [0.1, 0.15) is 12.5 Å². The van der Waals surface area contributed by atoms with Crippen molar-refractivity contribution in [2.24, 2.45) is 0 Å². The number of nitrogen functional groups attached to an aromatic ring is 1. The van der Waals surface area contributed by atoms with Crippen LogP contribution in [0.4, 0.5) is 15.9 Å². The first kappa shape index (κ1) is 24.5. The molecule has 2 heterocycles. The van der Waals surface area contributed by atoms with Crippen molar-refractivity contribution in [3.05, 3.63) is 83.0 Å². The van der Waals surface area contributed by atoms with E-state index in [9.17, 15) is 13.2 Å². The monoisotopic (exact) mass is 554 g/mol. The van der Waals surface area contributed by atoms with Crippen LogP contribution in [0.5, 0.6) is 0 Å². The van der Waals surface area contributed by atoms with Crippen LogP contribution in [-0.2, 0) is 14.6 Å². The quantitative estimate of drug-likeness (QED) is 0.320. The highest BCUT2D eigenvalue weighted by molar-refractivity contribution is 9.10. The zero-order valence-electron chi connectivity index (χ0n) is 18.7. The van der Waals surface area contributed by atoms with E-state index in [1.807, 2.05) is 0 Å². The molecule has 0 spiro atoms. The largest absolute Gasteiger partial charge is 0.383 e. The van der Waals surface area contributed by atoms with Crippen LogP contribution >= 0.6 is 15.9 Å². The lowest BCUT2D eigenvalue weighted by molar-refractivity contribution is -0.114. The van der Waals surface area contributed by atoms with Crippen molar-refractivity contribution in [3.63, 3.8) is 0 Å². The van der Waals surface area contributed by atoms with Gasteiger partial charge in [-0.2, -0.15) is 0 Å². The van der Waals surface area contributed by atoms with E-state index in [1.54, 1.807) is 54.7 Å². The minimum absolute atomic E-state index is 0.0829. The molecule has 2 aromatic heterocycles. The number of allylic oxidation sites excluding steroid dienone is 1. The number of pyridine rings is 2. The number of rotatable bonds is 5. The van der Waals surface area contributed by atoms with Crippen molar-refractivity contribution in [3.8, 4) is 11.1 Å². The molecular weight excluding hydrogens is 535 g/mol. The summed E-state index contributed by atoms with van der Waals surface area (Å²) in [5, 5.41) is 4.07. The predicted molar refractivity (Wildman–Crippen MR) is 139 cm³/mol. The Kier molecular flexibility index (Phi) is 6.68. The molecule has 0 saturated carbocycles. The van der Waals surface area contributed by atoms with Crippen molar-refractivity contribution in [2.45, 2.75) is 11.8 Å². The summed E-state index contributed by atoms with van der Waals surface area (Å²) < 4.78 is 39.7. The number of benzene rings is 2. The van der Waals surface area contributed by atoms with Gasteiger partial charge in [0.2, 0.25) is 0 Å². The van der Waals surface area contributed by atoms with E-state index < -0.39 is 21.6 Å². The van der Waals surface area contributed by atoms with Gasteiger partial charge in [0.15, 0.2) is 15.7 Å². The summed E-state index contributed by atoms with van der Waals surface area (Å²) in [7, 11) is -3.50. The number of fused-ring (bicyclic) bond motifs is 1. The van der Waals surface area contributed by atoms with Crippen molar-refractivity contribution in [1.29, 1.82) is 0 Å². The van der Waals surface area contributed by atoms with Crippen LogP contribution < -0.4 is 11.1 Å². The van der Waals surface area contributed by atoms with Crippen LogP contribution in [0, 0.1) is 0 Å². The normalized spacial score (nSPS) is 12.3. The maximum absolute atomic E-state index is 15.1. The minimum atomic E-state index is -3.50. The van der Waals surface area contributed by atoms with E-state index in [0.717, 1.165) is 11.6 Å². The Labute approximate surface area is 210 Å². The highest BCUT2D eigenvalue weighted by Crippen LogP contribution is 2.33. The summed E-state index contributed by atoms with van der Waals surface area (Å²) in [5.41, 5.74) is 7.96. The number of carbonyl (C=O) groups excluding carboxylic acids is 1. The Morgan fingerprint density at radius 3 is 2.57 bits per heavy atom. The molecule has 0 bridgehead atoms. The fourth-order valence-electron chi connectivity index (χ4n) is 3.60. The van der Waals surface area contributed by atoms with Crippen LogP contribution in [0.25, 0.3) is 27.5 Å². The van der Waals surface area contributed by atoms with Gasteiger partial charge in [-0.3, -0.25) is 9.78 Å². The third-order valence-electron chi connectivity index (χ3n) is 5.47. The molecule has 0 aliphatic carbocycles. The lowest BCUT2D eigenvalue weighted by atomic mass is 10.0. The molecule has 0 unspecified atom stereocenters. The summed E-state index contributed by atoms with van der Waals surface area (Å²) >= 11 is 3.38. The van der Waals surface area contributed by atoms with Crippen LogP contribution in [-0.4, -0.2) is 30.5 Å². The maximum atomic E-state index is 15.1. The number of hydrogen-bond donors (Lipinski definition) is 2. The smallest absolute Gasteiger partial charge is 0.284 e. The van der Waals surface area contributed by atoms with Gasteiger partial charge in [-0.05, 0) is 75.3 Å². The van der Waals surface area contributed by atoms with Gasteiger partial charge in [0, 0.05) is 40.3 Å². The van der Waals surface area contributed by atoms with Crippen molar-refractivity contribution in [2.75, 3.05) is 17.3 Å². The molecule has 4 aromatic rings. The molecule has 1 amide bonds. The summed E-state index contributed by atoms with van der Waals surface area (Å²) in [6.45, 7) is 1.51. The maximum Gasteiger partial charge on any atom is 0.284 e. The number of anilines is 2. The molecule has 0 radical (unpaired) electrons. The van der Waals surface area contributed by atoms with E-state index in [4.69, 9.17) is 5.73 Å². The summed E-state index contributed by atoms with van der Waals surface area (Å²) in [6, 6.07) is 13.4. The van der Waals surface area contributed by atoms with Gasteiger partial charge >= 0.3 is 0 Å². The number of aromatic nitrogens is 2. The molecule has 10 heteroatoms. The van der Waals surface area contributed by atoms with Crippen LogP contribution in [0.3, 0.4) is 0 Å². The molecule has 2 aromatic carbocycles. The van der Waals surface area contributed by atoms with Gasteiger partial charge in [-0.25, -0.2) is 17.8 Å². The fourth-order valence-corrected chi connectivity index (χ4v) is 4.91. The molecule has 0 aliphatic rings. The standard InChI is InChI=1S/C25H20BrFN4O3S/c1-14(16-4-3-15-7-10-30-24(28)19(15)11-16)23(27)25(32)31-21-6-5-17(12-20(21)26)18-8-9-29-13-22(18)35(2,33)34/h3-13H,1-2H3,(H2,28,30)(H,31,32)/b23-14-. The first-order valence-electron chi connectivity index (χ1n) is 10.3. The topological polar surface area (TPSA) is 115 Å². The Morgan fingerprint density at radius 2 is 1.86 bits per heavy atom. The first-order valence-corrected chi connectivity index (χ1v) is 13.0. The zero-order valence-corrected chi connectivity index (χ0v) is 21.1. The highest BCUT2D eigenvalue weighted by Gasteiger charge is 2.18. The van der Waals surface area contributed by atoms with Gasteiger partial charge in [-0.1, -0.05) is 18.2 Å². The number of halogens is 2. The van der Waals surface area contributed by atoms with Gasteiger partial charge in [0.25, 0.3) is 5.91 Å². The van der Waals surface area contributed by atoms with Crippen molar-refractivity contribution < 1.29 is 17.6 Å². The molecule has 0 fully saturated rings. The number of amides is 1. The molecule has 3 N–H and O–H groups in total. The molecule has 0 saturated heterocycles. The number of carbonyl (C=O) groups is 1. The second-order valence-electron chi connectivity index (χ2n) is 7.86. The third kappa shape index (κ3) is 5.08. The van der Waals surface area contributed by atoms with Crippen LogP contribution in [0.15, 0.2) is 82.3 Å². The average molecular weight is 555 g/mol. The van der Waals surface area contributed by atoms with Gasteiger partial charge in [-0.15, -0.1) is 0 Å². The lowest BCUT2D eigenvalue weighted by Crippen LogP contribution is -2.13. The Balaban J connectivity index is 1.62. The number of nitrogens with zero attached hydrogens (tertiary/aromatic N) is 2.